The van der Waals surface area contributed by atoms with Gasteiger partial charge >= 0.3 is 0 Å². The Bertz CT molecular complexity index is 570. The first-order valence-corrected chi connectivity index (χ1v) is 7.36. The van der Waals surface area contributed by atoms with Gasteiger partial charge in [0.05, 0.1) is 13.2 Å². The molecule has 1 heterocycles. The first-order chi connectivity index (χ1) is 8.52. The van der Waals surface area contributed by atoms with Gasteiger partial charge in [0.25, 0.3) is 0 Å². The van der Waals surface area contributed by atoms with Crippen molar-refractivity contribution >= 4 is 38.9 Å². The largest absolute Gasteiger partial charge is 0.496 e. The molecule has 1 atom stereocenters. The zero-order valence-electron chi connectivity index (χ0n) is 10.0. The van der Waals surface area contributed by atoms with Crippen LogP contribution in [0.1, 0.15) is 21.4 Å². The number of hydrogen-bond donors (Lipinski definition) is 1. The smallest absolute Gasteiger partial charge is 0.125 e. The van der Waals surface area contributed by atoms with Gasteiger partial charge in [-0.05, 0) is 41.1 Å². The fourth-order valence-corrected chi connectivity index (χ4v) is 3.88. The average Bonchev–Trinajstić information content (AvgIpc) is 2.67. The lowest BCUT2D eigenvalue weighted by Gasteiger charge is -2.15. The minimum atomic E-state index is -0.217. The van der Waals surface area contributed by atoms with E-state index in [0.717, 1.165) is 14.9 Å². The first-order valence-electron chi connectivity index (χ1n) is 5.37. The van der Waals surface area contributed by atoms with Crippen LogP contribution < -0.4 is 10.5 Å². The maximum absolute atomic E-state index is 6.31. The summed E-state index contributed by atoms with van der Waals surface area (Å²) in [5.41, 5.74) is 7.25. The van der Waals surface area contributed by atoms with E-state index in [1.807, 2.05) is 12.1 Å². The Balaban J connectivity index is 2.45. The predicted molar refractivity (Wildman–Crippen MR) is 80.8 cm³/mol. The maximum Gasteiger partial charge on any atom is 0.125 e. The molecule has 0 amide bonds. The molecule has 0 radical (unpaired) electrons. The Hall–Kier alpha value is -0.550. The third-order valence-corrected chi connectivity index (χ3v) is 4.94. The molecule has 2 rings (SSSR count). The van der Waals surface area contributed by atoms with E-state index >= 15 is 0 Å². The van der Waals surface area contributed by atoms with Crippen molar-refractivity contribution in [2.45, 2.75) is 13.0 Å². The summed E-state index contributed by atoms with van der Waals surface area (Å²) >= 11 is 11.2. The number of benzene rings is 1. The second-order valence-corrected chi connectivity index (χ2v) is 6.51. The van der Waals surface area contributed by atoms with Crippen LogP contribution in [0, 0.1) is 6.92 Å². The molecule has 0 fully saturated rings. The van der Waals surface area contributed by atoms with Crippen LogP contribution in [0.25, 0.3) is 0 Å². The molecule has 5 heteroatoms. The summed E-state index contributed by atoms with van der Waals surface area (Å²) in [4.78, 5) is 2.31. The molecular formula is C13H13BrClNOS. The van der Waals surface area contributed by atoms with E-state index in [-0.39, 0.29) is 6.04 Å². The van der Waals surface area contributed by atoms with Gasteiger partial charge in [0.1, 0.15) is 5.75 Å². The fourth-order valence-electron chi connectivity index (χ4n) is 1.80. The first kappa shape index (κ1) is 13.9. The van der Waals surface area contributed by atoms with Gasteiger partial charge in [-0.2, -0.15) is 0 Å². The van der Waals surface area contributed by atoms with Crippen molar-refractivity contribution in [2.75, 3.05) is 7.11 Å². The van der Waals surface area contributed by atoms with Crippen LogP contribution in [0.15, 0.2) is 28.7 Å². The summed E-state index contributed by atoms with van der Waals surface area (Å²) < 4.78 is 6.38. The van der Waals surface area contributed by atoms with Crippen LogP contribution in [0.3, 0.4) is 0 Å². The number of halogens is 2. The van der Waals surface area contributed by atoms with E-state index in [1.54, 1.807) is 24.5 Å². The number of methoxy groups -OCH3 is 1. The number of thiophene rings is 1. The van der Waals surface area contributed by atoms with Crippen LogP contribution >= 0.6 is 38.9 Å². The lowest BCUT2D eigenvalue weighted by atomic mass is 10.1. The van der Waals surface area contributed by atoms with Crippen LogP contribution in [0.4, 0.5) is 0 Å². The maximum atomic E-state index is 6.31. The second kappa shape index (κ2) is 5.61. The lowest BCUT2D eigenvalue weighted by molar-refractivity contribution is 0.408. The van der Waals surface area contributed by atoms with Gasteiger partial charge in [0.15, 0.2) is 0 Å². The van der Waals surface area contributed by atoms with Gasteiger partial charge in [-0.25, -0.2) is 0 Å². The minimum absolute atomic E-state index is 0.217. The highest BCUT2D eigenvalue weighted by molar-refractivity contribution is 9.10. The summed E-state index contributed by atoms with van der Waals surface area (Å²) in [5.74, 6) is 0.716. The van der Waals surface area contributed by atoms with E-state index in [2.05, 4.69) is 28.9 Å². The van der Waals surface area contributed by atoms with E-state index < -0.39 is 0 Å². The Morgan fingerprint density at radius 3 is 2.67 bits per heavy atom. The molecule has 2 nitrogen and oxygen atoms in total. The SMILES string of the molecule is COc1cc(Cl)ccc1C(N)c1sc(C)cc1Br. The van der Waals surface area contributed by atoms with Crippen LogP contribution in [-0.2, 0) is 0 Å². The summed E-state index contributed by atoms with van der Waals surface area (Å²) in [5, 5.41) is 0.643. The van der Waals surface area contributed by atoms with Crippen molar-refractivity contribution < 1.29 is 4.74 Å². The van der Waals surface area contributed by atoms with Crippen molar-refractivity contribution in [3.63, 3.8) is 0 Å². The van der Waals surface area contributed by atoms with Crippen molar-refractivity contribution in [2.24, 2.45) is 5.73 Å². The van der Waals surface area contributed by atoms with E-state index in [9.17, 15) is 0 Å². The molecule has 1 unspecified atom stereocenters. The summed E-state index contributed by atoms with van der Waals surface area (Å²) in [6.07, 6.45) is 0. The second-order valence-electron chi connectivity index (χ2n) is 3.93. The fraction of sp³-hybridized carbons (Fsp3) is 0.231. The number of nitrogens with two attached hydrogens (primary N) is 1. The normalized spacial score (nSPS) is 12.5. The monoisotopic (exact) mass is 345 g/mol. The number of ether oxygens (including phenoxy) is 1. The quantitative estimate of drug-likeness (QED) is 0.886. The van der Waals surface area contributed by atoms with Crippen molar-refractivity contribution in [3.05, 3.63) is 49.1 Å². The number of hydrogen-bond acceptors (Lipinski definition) is 3. The highest BCUT2D eigenvalue weighted by Crippen LogP contribution is 2.37. The van der Waals surface area contributed by atoms with E-state index in [0.29, 0.717) is 10.8 Å². The van der Waals surface area contributed by atoms with Crippen LogP contribution in [-0.4, -0.2) is 7.11 Å². The molecule has 18 heavy (non-hydrogen) atoms. The Kier molecular flexibility index (Phi) is 4.33. The number of rotatable bonds is 3. The summed E-state index contributed by atoms with van der Waals surface area (Å²) in [6.45, 7) is 2.06. The minimum Gasteiger partial charge on any atom is -0.496 e. The topological polar surface area (TPSA) is 35.2 Å². The molecule has 0 saturated heterocycles. The summed E-state index contributed by atoms with van der Waals surface area (Å²) in [6, 6.07) is 7.37. The average molecular weight is 347 g/mol. The third kappa shape index (κ3) is 2.72. The molecule has 0 saturated carbocycles. The molecule has 0 bridgehead atoms. The molecule has 0 aliphatic heterocycles. The Labute approximate surface area is 124 Å². The predicted octanol–water partition coefficient (Wildman–Crippen LogP) is 4.53. The lowest BCUT2D eigenvalue weighted by Crippen LogP contribution is -2.12. The molecule has 2 N–H and O–H groups in total. The van der Waals surface area contributed by atoms with E-state index in [1.165, 1.54) is 4.88 Å². The van der Waals surface area contributed by atoms with Gasteiger partial charge in [-0.15, -0.1) is 11.3 Å². The summed E-state index contributed by atoms with van der Waals surface area (Å²) in [7, 11) is 1.62. The van der Waals surface area contributed by atoms with Gasteiger partial charge in [-0.3, -0.25) is 0 Å². The van der Waals surface area contributed by atoms with Crippen LogP contribution in [0.2, 0.25) is 5.02 Å². The van der Waals surface area contributed by atoms with Crippen molar-refractivity contribution in [1.29, 1.82) is 0 Å². The highest BCUT2D eigenvalue weighted by Gasteiger charge is 2.18. The zero-order valence-corrected chi connectivity index (χ0v) is 13.2. The standard InChI is InChI=1S/C13H13BrClNOS/c1-7-5-10(14)13(18-7)12(16)9-4-3-8(15)6-11(9)17-2/h3-6,12H,16H2,1-2H3. The van der Waals surface area contributed by atoms with Crippen LogP contribution in [0.5, 0.6) is 5.75 Å². The van der Waals surface area contributed by atoms with Gasteiger partial charge in [0.2, 0.25) is 0 Å². The molecule has 1 aromatic heterocycles. The van der Waals surface area contributed by atoms with E-state index in [4.69, 9.17) is 22.1 Å². The van der Waals surface area contributed by atoms with Gasteiger partial charge in [-0.1, -0.05) is 17.7 Å². The molecule has 1 aromatic carbocycles. The van der Waals surface area contributed by atoms with Crippen molar-refractivity contribution in [3.8, 4) is 5.75 Å². The molecule has 2 aromatic rings. The Morgan fingerprint density at radius 1 is 1.39 bits per heavy atom. The molecule has 0 aliphatic rings. The third-order valence-electron chi connectivity index (χ3n) is 2.65. The highest BCUT2D eigenvalue weighted by atomic mass is 79.9. The number of aryl methyl sites for hydroxylation is 1. The molecular weight excluding hydrogens is 334 g/mol. The zero-order chi connectivity index (χ0) is 13.3. The van der Waals surface area contributed by atoms with Crippen molar-refractivity contribution in [1.82, 2.24) is 0 Å². The molecule has 0 aliphatic carbocycles. The Morgan fingerprint density at radius 2 is 2.11 bits per heavy atom. The molecule has 96 valence electrons. The van der Waals surface area contributed by atoms with Gasteiger partial charge < -0.3 is 10.5 Å². The van der Waals surface area contributed by atoms with Gasteiger partial charge in [0, 0.05) is 24.8 Å². The molecule has 0 spiro atoms.